The number of para-hydroxylation sites is 1. The zero-order valence-electron chi connectivity index (χ0n) is 15.5. The monoisotopic (exact) mass is 394 g/mol. The summed E-state index contributed by atoms with van der Waals surface area (Å²) in [6.07, 6.45) is -3.73. The lowest BCUT2D eigenvalue weighted by atomic mass is 9.95. The highest BCUT2D eigenvalue weighted by atomic mass is 19.4. The molecule has 9 heteroatoms. The third-order valence-electron chi connectivity index (χ3n) is 4.90. The van der Waals surface area contributed by atoms with E-state index in [1.165, 1.54) is 25.1 Å². The summed E-state index contributed by atoms with van der Waals surface area (Å²) in [5.41, 5.74) is -2.00. The van der Waals surface area contributed by atoms with Crippen molar-refractivity contribution in [2.75, 3.05) is 13.1 Å². The Hall–Kier alpha value is -2.68. The van der Waals surface area contributed by atoms with Crippen molar-refractivity contribution in [2.45, 2.75) is 32.5 Å². The van der Waals surface area contributed by atoms with E-state index >= 15 is 0 Å². The van der Waals surface area contributed by atoms with Gasteiger partial charge in [0.15, 0.2) is 5.69 Å². The maximum atomic E-state index is 13.4. The van der Waals surface area contributed by atoms with Crippen LogP contribution in [0.5, 0.6) is 0 Å². The molecule has 0 bridgehead atoms. The molecule has 150 valence electrons. The van der Waals surface area contributed by atoms with Gasteiger partial charge in [-0.1, -0.05) is 19.1 Å². The number of carbonyl (C=O) groups excluding carboxylic acids is 1. The molecule has 1 aromatic heterocycles. The molecule has 1 fully saturated rings. The molecule has 28 heavy (non-hydrogen) atoms. The van der Waals surface area contributed by atoms with Gasteiger partial charge in [-0.2, -0.15) is 18.3 Å². The average molecular weight is 394 g/mol. The molecule has 2 atom stereocenters. The topological polar surface area (TPSA) is 76.0 Å². The molecule has 2 aromatic rings. The molecule has 0 spiro atoms. The van der Waals surface area contributed by atoms with Crippen LogP contribution < -0.4 is 16.1 Å². The summed E-state index contributed by atoms with van der Waals surface area (Å²) in [6, 6.07) is 5.84. The molecule has 0 radical (unpaired) electrons. The third kappa shape index (κ3) is 4.09. The quantitative estimate of drug-likeness (QED) is 0.838. The van der Waals surface area contributed by atoms with Gasteiger partial charge in [0.1, 0.15) is 0 Å². The molecule has 1 saturated heterocycles. The molecule has 0 aliphatic carbocycles. The maximum Gasteiger partial charge on any atom is 0.418 e. The summed E-state index contributed by atoms with van der Waals surface area (Å²) in [4.78, 5) is 24.9. The second kappa shape index (κ2) is 7.75. The predicted octanol–water partition coefficient (Wildman–Crippen LogP) is 2.29. The van der Waals surface area contributed by atoms with Gasteiger partial charge in [0.2, 0.25) is 5.43 Å². The van der Waals surface area contributed by atoms with Crippen LogP contribution >= 0.6 is 0 Å². The van der Waals surface area contributed by atoms with Crippen LogP contribution in [0.2, 0.25) is 0 Å². The highest BCUT2D eigenvalue weighted by Crippen LogP contribution is 2.33. The number of nitrogens with zero attached hydrogens (tertiary/aromatic N) is 2. The summed E-state index contributed by atoms with van der Waals surface area (Å²) in [5, 5.41) is 9.91. The van der Waals surface area contributed by atoms with Crippen LogP contribution in [0.15, 0.2) is 35.1 Å². The van der Waals surface area contributed by atoms with E-state index in [2.05, 4.69) is 15.7 Å². The van der Waals surface area contributed by atoms with Gasteiger partial charge in [-0.25, -0.2) is 4.68 Å². The minimum Gasteiger partial charge on any atom is -0.346 e. The summed E-state index contributed by atoms with van der Waals surface area (Å²) in [7, 11) is 0. The molecule has 2 N–H and O–H groups in total. The second-order valence-electron chi connectivity index (χ2n) is 6.98. The summed E-state index contributed by atoms with van der Waals surface area (Å²) >= 11 is 0. The molecule has 1 aromatic carbocycles. The highest BCUT2D eigenvalue weighted by Gasteiger charge is 2.34. The molecule has 1 amide bonds. The number of rotatable bonds is 3. The van der Waals surface area contributed by atoms with Gasteiger partial charge < -0.3 is 10.6 Å². The van der Waals surface area contributed by atoms with Crippen LogP contribution in [0.25, 0.3) is 5.69 Å². The molecule has 1 aliphatic rings. The Morgan fingerprint density at radius 3 is 2.71 bits per heavy atom. The summed E-state index contributed by atoms with van der Waals surface area (Å²) < 4.78 is 41.1. The molecular formula is C19H21F3N4O2. The van der Waals surface area contributed by atoms with E-state index in [0.717, 1.165) is 29.8 Å². The third-order valence-corrected chi connectivity index (χ3v) is 4.90. The minimum atomic E-state index is -4.60. The van der Waals surface area contributed by atoms with Crippen molar-refractivity contribution in [3.05, 3.63) is 57.5 Å². The number of alkyl halides is 3. The first-order valence-corrected chi connectivity index (χ1v) is 8.97. The number of hydrogen-bond donors (Lipinski definition) is 2. The van der Waals surface area contributed by atoms with Gasteiger partial charge >= 0.3 is 6.18 Å². The fraction of sp³-hybridized carbons (Fsp3) is 0.421. The van der Waals surface area contributed by atoms with Crippen LogP contribution in [0, 0.1) is 12.8 Å². The standard InChI is InChI=1S/C19H21F3N4O2/c1-11-7-8-23-10-14(11)24-18(28)17-16(27)9-12(2)26(25-17)15-6-4-3-5-13(15)19(20,21)22/h3-6,9,11,14,23H,7-8,10H2,1-2H3,(H,24,28). The number of hydrogen-bond acceptors (Lipinski definition) is 4. The Bertz CT molecular complexity index is 940. The van der Waals surface area contributed by atoms with Crippen LogP contribution in [-0.4, -0.2) is 34.8 Å². The molecule has 6 nitrogen and oxygen atoms in total. The van der Waals surface area contributed by atoms with Crippen molar-refractivity contribution in [2.24, 2.45) is 5.92 Å². The fourth-order valence-corrected chi connectivity index (χ4v) is 3.27. The predicted molar refractivity (Wildman–Crippen MR) is 97.5 cm³/mol. The van der Waals surface area contributed by atoms with Crippen molar-refractivity contribution >= 4 is 5.91 Å². The maximum absolute atomic E-state index is 13.4. The summed E-state index contributed by atoms with van der Waals surface area (Å²) in [5.74, 6) is -0.479. The number of aromatic nitrogens is 2. The van der Waals surface area contributed by atoms with Gasteiger partial charge in [0, 0.05) is 24.3 Å². The Labute approximate surface area is 159 Å². The minimum absolute atomic E-state index is 0.181. The second-order valence-corrected chi connectivity index (χ2v) is 6.98. The van der Waals surface area contributed by atoms with E-state index in [-0.39, 0.29) is 23.3 Å². The first-order chi connectivity index (χ1) is 13.2. The van der Waals surface area contributed by atoms with Crippen LogP contribution in [-0.2, 0) is 6.18 Å². The van der Waals surface area contributed by atoms with Gasteiger partial charge in [0.05, 0.1) is 11.3 Å². The number of nitrogens with one attached hydrogen (secondary N) is 2. The molecule has 2 heterocycles. The first kappa shape index (κ1) is 20.1. The largest absolute Gasteiger partial charge is 0.418 e. The van der Waals surface area contributed by atoms with E-state index in [4.69, 9.17) is 0 Å². The highest BCUT2D eigenvalue weighted by molar-refractivity contribution is 5.92. The van der Waals surface area contributed by atoms with E-state index in [0.29, 0.717) is 6.54 Å². The van der Waals surface area contributed by atoms with Crippen molar-refractivity contribution in [3.63, 3.8) is 0 Å². The lowest BCUT2D eigenvalue weighted by molar-refractivity contribution is -0.137. The smallest absolute Gasteiger partial charge is 0.346 e. The van der Waals surface area contributed by atoms with Gasteiger partial charge in [-0.3, -0.25) is 9.59 Å². The van der Waals surface area contributed by atoms with E-state index in [1.54, 1.807) is 0 Å². The molecule has 3 rings (SSSR count). The van der Waals surface area contributed by atoms with Crippen molar-refractivity contribution in [1.82, 2.24) is 20.4 Å². The SMILES string of the molecule is Cc1cc(=O)c(C(=O)NC2CNCCC2C)nn1-c1ccccc1C(F)(F)F. The Morgan fingerprint density at radius 2 is 2.04 bits per heavy atom. The first-order valence-electron chi connectivity index (χ1n) is 8.97. The van der Waals surface area contributed by atoms with Gasteiger partial charge in [-0.15, -0.1) is 0 Å². The Balaban J connectivity index is 2.00. The van der Waals surface area contributed by atoms with E-state index in [9.17, 15) is 22.8 Å². The molecule has 1 aliphatic heterocycles. The molecular weight excluding hydrogens is 373 g/mol. The number of piperidine rings is 1. The van der Waals surface area contributed by atoms with Gasteiger partial charge in [0.25, 0.3) is 5.91 Å². The van der Waals surface area contributed by atoms with Crippen LogP contribution in [0.4, 0.5) is 13.2 Å². The Kier molecular flexibility index (Phi) is 5.55. The normalized spacial score (nSPS) is 20.0. The van der Waals surface area contributed by atoms with Gasteiger partial charge in [-0.05, 0) is 37.9 Å². The fourth-order valence-electron chi connectivity index (χ4n) is 3.27. The lowest BCUT2D eigenvalue weighted by Gasteiger charge is -2.30. The zero-order chi connectivity index (χ0) is 20.5. The number of amides is 1. The van der Waals surface area contributed by atoms with Crippen LogP contribution in [0.1, 0.15) is 35.1 Å². The van der Waals surface area contributed by atoms with E-state index < -0.39 is 28.8 Å². The van der Waals surface area contributed by atoms with E-state index in [1.807, 2.05) is 6.92 Å². The lowest BCUT2D eigenvalue weighted by Crippen LogP contribution is -2.51. The number of carbonyl (C=O) groups is 1. The van der Waals surface area contributed by atoms with Crippen molar-refractivity contribution in [3.8, 4) is 5.69 Å². The zero-order valence-corrected chi connectivity index (χ0v) is 15.5. The Morgan fingerprint density at radius 1 is 1.32 bits per heavy atom. The summed E-state index contributed by atoms with van der Waals surface area (Å²) in [6.45, 7) is 4.86. The number of benzene rings is 1. The number of aryl methyl sites for hydroxylation is 1. The average Bonchev–Trinajstić information content (AvgIpc) is 2.63. The number of halogens is 3. The molecule has 0 saturated carbocycles. The van der Waals surface area contributed by atoms with Crippen molar-refractivity contribution in [1.29, 1.82) is 0 Å². The van der Waals surface area contributed by atoms with Crippen LogP contribution in [0.3, 0.4) is 0 Å². The van der Waals surface area contributed by atoms with Crippen molar-refractivity contribution < 1.29 is 18.0 Å². The molecule has 2 unspecified atom stereocenters.